The van der Waals surface area contributed by atoms with Crippen molar-refractivity contribution in [3.05, 3.63) is 113 Å². The van der Waals surface area contributed by atoms with E-state index in [1.165, 1.54) is 47.5 Å². The molecule has 0 unspecified atom stereocenters. The number of anilines is 3. The summed E-state index contributed by atoms with van der Waals surface area (Å²) in [5.74, 6) is 0. The van der Waals surface area contributed by atoms with Crippen molar-refractivity contribution in [3.63, 3.8) is 0 Å². The fraction of sp³-hybridized carbons (Fsp3) is 0.0333. The third-order valence-electron chi connectivity index (χ3n) is 5.64. The number of carbonyl (C=O) groups is 1. The lowest BCUT2D eigenvalue weighted by Gasteiger charge is -2.06. The third-order valence-corrected chi connectivity index (χ3v) is 7.45. The first-order valence-electron chi connectivity index (χ1n) is 12.3. The van der Waals surface area contributed by atoms with Gasteiger partial charge in [0.1, 0.15) is 9.79 Å². The summed E-state index contributed by atoms with van der Waals surface area (Å²) in [6, 6.07) is 24.0. The topological polar surface area (TPSA) is 230 Å². The molecule has 4 aromatic carbocycles. The number of aryl methyl sites for hydroxylation is 1. The molecule has 0 saturated heterocycles. The minimum Gasteiger partial charge on any atom is -0.399 e. The third kappa shape index (κ3) is 11.1. The van der Waals surface area contributed by atoms with Crippen LogP contribution in [-0.2, 0) is 25.0 Å². The summed E-state index contributed by atoms with van der Waals surface area (Å²) >= 11 is 0. The van der Waals surface area contributed by atoms with Gasteiger partial charge in [0.05, 0.1) is 0 Å². The SMILES string of the molecule is Cc1cc(/C=C/c2ccccc2)ccc1N.NC=O.Nc1ccc(/C=C/c2ccc(N)cc2S(=O)(=O)O)c(S(=O)(=O)O)c1. The summed E-state index contributed by atoms with van der Waals surface area (Å²) in [6.45, 7) is 2.02. The number of rotatable bonds is 6. The molecule has 11 nitrogen and oxygen atoms in total. The van der Waals surface area contributed by atoms with Crippen LogP contribution in [0.5, 0.6) is 0 Å². The molecule has 4 rings (SSSR count). The molecule has 0 aliphatic heterocycles. The van der Waals surface area contributed by atoms with Crippen LogP contribution in [0.3, 0.4) is 0 Å². The second-order valence-corrected chi connectivity index (χ2v) is 11.7. The van der Waals surface area contributed by atoms with Gasteiger partial charge in [0.25, 0.3) is 20.2 Å². The Morgan fingerprint density at radius 1 is 0.605 bits per heavy atom. The van der Waals surface area contributed by atoms with Crippen molar-refractivity contribution in [2.24, 2.45) is 5.73 Å². The molecule has 0 saturated carbocycles. The molecule has 0 aromatic heterocycles. The van der Waals surface area contributed by atoms with E-state index >= 15 is 0 Å². The quantitative estimate of drug-likeness (QED) is 0.0768. The first kappa shape index (κ1) is 34.3. The Kier molecular flexibility index (Phi) is 12.2. The van der Waals surface area contributed by atoms with Crippen molar-refractivity contribution in [1.82, 2.24) is 0 Å². The number of hydrogen-bond acceptors (Lipinski definition) is 8. The Morgan fingerprint density at radius 3 is 1.47 bits per heavy atom. The normalized spacial score (nSPS) is 11.3. The lowest BCUT2D eigenvalue weighted by Crippen LogP contribution is -2.03. The fourth-order valence-electron chi connectivity index (χ4n) is 3.56. The van der Waals surface area contributed by atoms with Crippen LogP contribution in [0.15, 0.2) is 94.7 Å². The largest absolute Gasteiger partial charge is 0.399 e. The molecule has 0 radical (unpaired) electrons. The van der Waals surface area contributed by atoms with Gasteiger partial charge in [-0.05, 0) is 71.1 Å². The summed E-state index contributed by atoms with van der Waals surface area (Å²) in [7, 11) is -9.05. The molecule has 0 bridgehead atoms. The van der Waals surface area contributed by atoms with E-state index in [9.17, 15) is 25.9 Å². The van der Waals surface area contributed by atoms with Gasteiger partial charge in [-0.15, -0.1) is 0 Å². The highest BCUT2D eigenvalue weighted by Crippen LogP contribution is 2.24. The van der Waals surface area contributed by atoms with E-state index in [-0.39, 0.29) is 28.9 Å². The van der Waals surface area contributed by atoms with Crippen molar-refractivity contribution in [1.29, 1.82) is 0 Å². The second-order valence-electron chi connectivity index (χ2n) is 8.87. The van der Waals surface area contributed by atoms with Gasteiger partial charge in [0, 0.05) is 17.1 Å². The highest BCUT2D eigenvalue weighted by molar-refractivity contribution is 7.86. The lowest BCUT2D eigenvalue weighted by atomic mass is 10.1. The first-order valence-corrected chi connectivity index (χ1v) is 15.2. The molecule has 1 amide bonds. The van der Waals surface area contributed by atoms with E-state index in [2.05, 4.69) is 36.1 Å². The van der Waals surface area contributed by atoms with Gasteiger partial charge in [-0.3, -0.25) is 13.9 Å². The zero-order valence-electron chi connectivity index (χ0n) is 23.0. The first-order chi connectivity index (χ1) is 20.1. The molecule has 0 aliphatic carbocycles. The van der Waals surface area contributed by atoms with Crippen LogP contribution in [0.4, 0.5) is 17.1 Å². The molecule has 10 N–H and O–H groups in total. The van der Waals surface area contributed by atoms with E-state index in [0.717, 1.165) is 23.4 Å². The van der Waals surface area contributed by atoms with Crippen LogP contribution in [0, 0.1) is 6.92 Å². The predicted molar refractivity (Wildman–Crippen MR) is 171 cm³/mol. The van der Waals surface area contributed by atoms with Crippen LogP contribution in [-0.4, -0.2) is 32.4 Å². The number of primary amides is 1. The van der Waals surface area contributed by atoms with Crippen molar-refractivity contribution in [3.8, 4) is 0 Å². The molecule has 226 valence electrons. The molecule has 0 heterocycles. The summed E-state index contributed by atoms with van der Waals surface area (Å²) in [5, 5.41) is 0. The Labute approximate surface area is 250 Å². The van der Waals surface area contributed by atoms with Crippen molar-refractivity contribution >= 4 is 68.0 Å². The van der Waals surface area contributed by atoms with E-state index in [0.29, 0.717) is 0 Å². The average molecular weight is 625 g/mol. The number of nitrogen functional groups attached to an aromatic ring is 3. The smallest absolute Gasteiger partial charge is 0.295 e. The van der Waals surface area contributed by atoms with Gasteiger partial charge < -0.3 is 22.9 Å². The molecule has 0 fully saturated rings. The maximum absolute atomic E-state index is 11.4. The Bertz CT molecular complexity index is 1760. The fourth-order valence-corrected chi connectivity index (χ4v) is 5.00. The number of nitrogens with two attached hydrogens (primary N) is 4. The van der Waals surface area contributed by atoms with E-state index in [4.69, 9.17) is 22.0 Å². The van der Waals surface area contributed by atoms with Gasteiger partial charge in [0.15, 0.2) is 0 Å². The molecule has 43 heavy (non-hydrogen) atoms. The summed E-state index contributed by atoms with van der Waals surface area (Å²) in [4.78, 5) is 7.73. The van der Waals surface area contributed by atoms with Crippen molar-refractivity contribution < 1.29 is 30.7 Å². The molecular weight excluding hydrogens is 592 g/mol. The standard InChI is InChI=1S/C15H15N.C14H14N2O6S2.CH3NO/c1-12-11-14(9-10-15(12)16)8-7-13-5-3-2-4-6-13;15-11-5-3-9(13(7-11)23(17,18)19)1-2-10-4-6-12(16)8-14(10)24(20,21)22;2-1-3/h2-11H,16H2,1H3;1-8H,15-16H2,(H,17,18,19)(H,20,21,22);1H,(H2,2,3)/b8-7+;2-1+;. The molecule has 13 heteroatoms. The summed E-state index contributed by atoms with van der Waals surface area (Å²) in [5.41, 5.74) is 25.7. The van der Waals surface area contributed by atoms with Gasteiger partial charge >= 0.3 is 0 Å². The minimum absolute atomic E-state index is 0.0878. The van der Waals surface area contributed by atoms with Gasteiger partial charge in [-0.25, -0.2) is 0 Å². The second kappa shape index (κ2) is 15.3. The van der Waals surface area contributed by atoms with Gasteiger partial charge in [0.2, 0.25) is 6.41 Å². The molecule has 0 atom stereocenters. The van der Waals surface area contributed by atoms with Crippen LogP contribution < -0.4 is 22.9 Å². The Morgan fingerprint density at radius 2 is 1.05 bits per heavy atom. The van der Waals surface area contributed by atoms with Crippen LogP contribution >= 0.6 is 0 Å². The zero-order valence-corrected chi connectivity index (χ0v) is 24.7. The minimum atomic E-state index is -4.52. The zero-order chi connectivity index (χ0) is 32.2. The van der Waals surface area contributed by atoms with Crippen LogP contribution in [0.1, 0.15) is 27.8 Å². The molecular formula is C30H32N4O7S2. The average Bonchev–Trinajstić information content (AvgIpc) is 2.94. The van der Waals surface area contributed by atoms with E-state index < -0.39 is 30.0 Å². The van der Waals surface area contributed by atoms with Crippen LogP contribution in [0.25, 0.3) is 24.3 Å². The molecule has 4 aromatic rings. The van der Waals surface area contributed by atoms with Crippen LogP contribution in [0.2, 0.25) is 0 Å². The Hall–Kier alpha value is -4.95. The van der Waals surface area contributed by atoms with E-state index in [1.54, 1.807) is 0 Å². The van der Waals surface area contributed by atoms with Gasteiger partial charge in [-0.2, -0.15) is 16.8 Å². The molecule has 0 spiro atoms. The number of amides is 1. The van der Waals surface area contributed by atoms with Gasteiger partial charge in [-0.1, -0.05) is 72.8 Å². The number of benzene rings is 4. The maximum atomic E-state index is 11.4. The summed E-state index contributed by atoms with van der Waals surface area (Å²) in [6.07, 6.45) is 6.98. The maximum Gasteiger partial charge on any atom is 0.295 e. The molecule has 0 aliphatic rings. The Balaban J connectivity index is 0.000000293. The summed E-state index contributed by atoms with van der Waals surface area (Å²) < 4.78 is 64.1. The van der Waals surface area contributed by atoms with Crippen molar-refractivity contribution in [2.75, 3.05) is 17.2 Å². The van der Waals surface area contributed by atoms with E-state index in [1.807, 2.05) is 37.3 Å². The number of hydrogen-bond donors (Lipinski definition) is 6. The van der Waals surface area contributed by atoms with Crippen molar-refractivity contribution in [2.45, 2.75) is 16.7 Å². The number of carbonyl (C=O) groups excluding carboxylic acids is 1. The highest BCUT2D eigenvalue weighted by atomic mass is 32.2. The highest BCUT2D eigenvalue weighted by Gasteiger charge is 2.16. The predicted octanol–water partition coefficient (Wildman–Crippen LogP) is 4.36. The monoisotopic (exact) mass is 624 g/mol. The lowest BCUT2D eigenvalue weighted by molar-refractivity contribution is -0.106.